The molecular weight excluding hydrogens is 498 g/mol. The Morgan fingerprint density at radius 3 is 2.51 bits per heavy atom. The molecule has 3 N–H and O–H groups in total. The van der Waals surface area contributed by atoms with Crippen LogP contribution < -0.4 is 16.0 Å². The van der Waals surface area contributed by atoms with Gasteiger partial charge in [-0.2, -0.15) is 0 Å². The Morgan fingerprint density at radius 2 is 1.77 bits per heavy atom. The minimum absolute atomic E-state index is 0.210. The van der Waals surface area contributed by atoms with Crippen molar-refractivity contribution in [1.82, 2.24) is 25.2 Å². The first-order valence-corrected chi connectivity index (χ1v) is 16.6. The molecule has 218 valence electrons. The SMILES string of the molecule is C=CCN1CC2CCC(C(C)(C)C)NC2N2C[C@@H](CCC(c3ccccc3)NC3CCCC(N3)S1)CC2(C)C. The normalized spacial score (nSPS) is 38.3. The van der Waals surface area contributed by atoms with Gasteiger partial charge in [0.15, 0.2) is 0 Å². The minimum Gasteiger partial charge on any atom is -0.298 e. The van der Waals surface area contributed by atoms with Crippen molar-refractivity contribution in [3.8, 4) is 0 Å². The van der Waals surface area contributed by atoms with Crippen LogP contribution in [0.5, 0.6) is 0 Å². The van der Waals surface area contributed by atoms with E-state index >= 15 is 0 Å². The van der Waals surface area contributed by atoms with Crippen LogP contribution in [0.15, 0.2) is 43.0 Å². The number of rotatable bonds is 3. The van der Waals surface area contributed by atoms with Crippen molar-refractivity contribution in [3.63, 3.8) is 0 Å². The number of piperidine rings is 2. The maximum absolute atomic E-state index is 4.25. The number of benzene rings is 1. The molecule has 39 heavy (non-hydrogen) atoms. The molecule has 1 aromatic rings. The first kappa shape index (κ1) is 29.6. The van der Waals surface area contributed by atoms with Gasteiger partial charge in [0.2, 0.25) is 0 Å². The third-order valence-corrected chi connectivity index (χ3v) is 11.1. The molecule has 0 amide bonds. The van der Waals surface area contributed by atoms with Crippen LogP contribution in [-0.4, -0.2) is 58.1 Å². The Bertz CT molecular complexity index is 930. The van der Waals surface area contributed by atoms with Crippen molar-refractivity contribution in [2.75, 3.05) is 19.6 Å². The summed E-state index contributed by atoms with van der Waals surface area (Å²) in [5, 5.41) is 12.8. The van der Waals surface area contributed by atoms with E-state index in [-0.39, 0.29) is 11.0 Å². The van der Waals surface area contributed by atoms with Crippen LogP contribution in [0, 0.1) is 17.3 Å². The van der Waals surface area contributed by atoms with E-state index in [1.807, 2.05) is 11.9 Å². The van der Waals surface area contributed by atoms with E-state index in [0.717, 1.165) is 19.0 Å². The van der Waals surface area contributed by atoms with Gasteiger partial charge in [-0.05, 0) is 82.1 Å². The minimum atomic E-state index is 0.210. The predicted octanol–water partition coefficient (Wildman–Crippen LogP) is 6.51. The van der Waals surface area contributed by atoms with Crippen LogP contribution in [0.4, 0.5) is 0 Å². The summed E-state index contributed by atoms with van der Waals surface area (Å²) < 4.78 is 2.62. The van der Waals surface area contributed by atoms with Gasteiger partial charge in [0, 0.05) is 43.2 Å². The maximum atomic E-state index is 4.25. The lowest BCUT2D eigenvalue weighted by molar-refractivity contribution is -0.000388. The molecule has 0 radical (unpaired) electrons. The topological polar surface area (TPSA) is 42.6 Å². The van der Waals surface area contributed by atoms with Crippen molar-refractivity contribution in [2.24, 2.45) is 17.3 Å². The Labute approximate surface area is 243 Å². The zero-order chi connectivity index (χ0) is 27.6. The van der Waals surface area contributed by atoms with E-state index < -0.39 is 0 Å². The zero-order valence-corrected chi connectivity index (χ0v) is 26.1. The molecule has 4 bridgehead atoms. The summed E-state index contributed by atoms with van der Waals surface area (Å²) in [5.74, 6) is 1.36. The highest BCUT2D eigenvalue weighted by atomic mass is 32.2. The molecule has 0 spiro atoms. The molecule has 4 aliphatic heterocycles. The van der Waals surface area contributed by atoms with Crippen LogP contribution in [-0.2, 0) is 0 Å². The number of hydrogen-bond acceptors (Lipinski definition) is 6. The van der Waals surface area contributed by atoms with Gasteiger partial charge in [0.1, 0.15) is 0 Å². The van der Waals surface area contributed by atoms with Crippen LogP contribution in [0.25, 0.3) is 0 Å². The van der Waals surface area contributed by atoms with Crippen molar-refractivity contribution in [2.45, 2.75) is 121 Å². The Kier molecular flexibility index (Phi) is 9.52. The van der Waals surface area contributed by atoms with Gasteiger partial charge in [0.05, 0.1) is 17.7 Å². The third kappa shape index (κ3) is 7.31. The highest BCUT2D eigenvalue weighted by Gasteiger charge is 2.47. The lowest BCUT2D eigenvalue weighted by Gasteiger charge is -2.50. The fourth-order valence-electron chi connectivity index (χ4n) is 7.82. The van der Waals surface area contributed by atoms with Gasteiger partial charge in [-0.3, -0.25) is 20.9 Å². The van der Waals surface area contributed by atoms with Crippen molar-refractivity contribution < 1.29 is 0 Å². The molecule has 6 heteroatoms. The molecule has 7 unspecified atom stereocenters. The van der Waals surface area contributed by atoms with Gasteiger partial charge < -0.3 is 0 Å². The molecule has 0 aliphatic carbocycles. The molecule has 0 saturated carbocycles. The Morgan fingerprint density at radius 1 is 0.974 bits per heavy atom. The number of hydrogen-bond donors (Lipinski definition) is 3. The summed E-state index contributed by atoms with van der Waals surface area (Å²) >= 11 is 2.04. The molecular formula is C33H55N5S. The highest BCUT2D eigenvalue weighted by Crippen LogP contribution is 2.42. The zero-order valence-electron chi connectivity index (χ0n) is 25.3. The van der Waals surface area contributed by atoms with E-state index in [0.29, 0.717) is 35.7 Å². The van der Waals surface area contributed by atoms with Crippen LogP contribution in [0.2, 0.25) is 0 Å². The largest absolute Gasteiger partial charge is 0.298 e. The van der Waals surface area contributed by atoms with Crippen molar-refractivity contribution in [1.29, 1.82) is 0 Å². The first-order chi connectivity index (χ1) is 18.6. The smallest absolute Gasteiger partial charge is 0.0693 e. The predicted molar refractivity (Wildman–Crippen MR) is 167 cm³/mol. The number of nitrogens with one attached hydrogen (secondary N) is 3. The summed E-state index contributed by atoms with van der Waals surface area (Å²) in [6, 6.07) is 12.1. The van der Waals surface area contributed by atoms with E-state index in [4.69, 9.17) is 0 Å². The molecule has 8 atom stereocenters. The Hall–Kier alpha value is -0.890. The molecule has 4 saturated heterocycles. The maximum Gasteiger partial charge on any atom is 0.0693 e. The second kappa shape index (κ2) is 12.5. The second-order valence-electron chi connectivity index (χ2n) is 14.5. The van der Waals surface area contributed by atoms with Gasteiger partial charge in [-0.25, -0.2) is 4.31 Å². The highest BCUT2D eigenvalue weighted by molar-refractivity contribution is 7.97. The molecule has 4 heterocycles. The first-order valence-electron chi connectivity index (χ1n) is 15.7. The lowest BCUT2D eigenvalue weighted by atomic mass is 9.78. The molecule has 4 aliphatic rings. The summed E-state index contributed by atoms with van der Waals surface area (Å²) in [5.41, 5.74) is 1.92. The molecule has 1 aromatic carbocycles. The average molecular weight is 554 g/mol. The summed E-state index contributed by atoms with van der Waals surface area (Å²) in [6.45, 7) is 19.7. The van der Waals surface area contributed by atoms with Gasteiger partial charge in [-0.15, -0.1) is 6.58 Å². The molecule has 5 nitrogen and oxygen atoms in total. The van der Waals surface area contributed by atoms with E-state index in [2.05, 4.69) is 103 Å². The van der Waals surface area contributed by atoms with E-state index in [9.17, 15) is 0 Å². The summed E-state index contributed by atoms with van der Waals surface area (Å²) in [4.78, 5) is 2.89. The van der Waals surface area contributed by atoms with Crippen LogP contribution in [0.3, 0.4) is 0 Å². The average Bonchev–Trinajstić information content (AvgIpc) is 3.20. The third-order valence-electron chi connectivity index (χ3n) is 9.91. The summed E-state index contributed by atoms with van der Waals surface area (Å²) in [6.07, 6.45) is 12.9. The monoisotopic (exact) mass is 553 g/mol. The number of fused-ring (bicyclic) bond motifs is 6. The molecule has 4 fully saturated rings. The van der Waals surface area contributed by atoms with Crippen LogP contribution >= 0.6 is 11.9 Å². The van der Waals surface area contributed by atoms with Gasteiger partial charge >= 0.3 is 0 Å². The Balaban J connectivity index is 1.45. The molecule has 5 rings (SSSR count). The van der Waals surface area contributed by atoms with E-state index in [1.165, 1.54) is 63.5 Å². The van der Waals surface area contributed by atoms with Gasteiger partial charge in [-0.1, -0.05) is 69.1 Å². The van der Waals surface area contributed by atoms with Gasteiger partial charge in [0.25, 0.3) is 0 Å². The fourth-order valence-corrected chi connectivity index (χ4v) is 9.14. The van der Waals surface area contributed by atoms with E-state index in [1.54, 1.807) is 0 Å². The van der Waals surface area contributed by atoms with Crippen LogP contribution in [0.1, 0.15) is 97.6 Å². The molecule has 0 aromatic heterocycles. The summed E-state index contributed by atoms with van der Waals surface area (Å²) in [7, 11) is 0. The van der Waals surface area contributed by atoms with Crippen molar-refractivity contribution in [3.05, 3.63) is 48.6 Å². The fraction of sp³-hybridized carbons (Fsp3) is 0.758. The number of nitrogens with zero attached hydrogens (tertiary/aromatic N) is 2. The standard InChI is InChI=1S/C33H55N5S/c1-7-20-37-23-26-17-19-28(32(2,3)4)35-31(26)38-22-24(21-33(38,5)6)16-18-27(25-12-9-8-10-13-25)34-29-14-11-15-30(36-29)39-37/h7-10,12-13,24,26-31,34-36H,1,11,14-23H2,2-6H3/t24-,26?,27?,28?,29?,30?,31?/m0/s1. The lowest BCUT2D eigenvalue weighted by Crippen LogP contribution is -2.64. The van der Waals surface area contributed by atoms with Crippen molar-refractivity contribution >= 4 is 11.9 Å². The quantitative estimate of drug-likeness (QED) is 0.293. The second-order valence-corrected chi connectivity index (χ2v) is 15.8.